The SMILES string of the molecule is CC(C)[Te]C#C[Te]C(C)C. The van der Waals surface area contributed by atoms with E-state index in [9.17, 15) is 0 Å². The van der Waals surface area contributed by atoms with Gasteiger partial charge >= 0.3 is 85.4 Å². The van der Waals surface area contributed by atoms with Crippen LogP contribution in [-0.4, -0.2) is 41.8 Å². The molecule has 0 bridgehead atoms. The van der Waals surface area contributed by atoms with Crippen molar-refractivity contribution in [3.05, 3.63) is 0 Å². The predicted molar refractivity (Wildman–Crippen MR) is 49.5 cm³/mol. The first kappa shape index (κ1) is 11.1. The minimum absolute atomic E-state index is 0.0453. The molecule has 0 aliphatic heterocycles. The molecule has 0 aliphatic rings. The van der Waals surface area contributed by atoms with Crippen LogP contribution in [-0.2, 0) is 0 Å². The monoisotopic (exact) mass is 370 g/mol. The minimum atomic E-state index is 0.0453. The van der Waals surface area contributed by atoms with Gasteiger partial charge in [0.15, 0.2) is 0 Å². The first-order valence-electron chi connectivity index (χ1n) is 3.44. The molecule has 10 heavy (non-hydrogen) atoms. The fourth-order valence-electron chi connectivity index (χ4n) is 0.284. The maximum atomic E-state index is 3.35. The first-order valence-corrected chi connectivity index (χ1v) is 8.46. The van der Waals surface area contributed by atoms with Gasteiger partial charge < -0.3 is 0 Å². The fraction of sp³-hybridized carbons (Fsp3) is 0.750. The van der Waals surface area contributed by atoms with Crippen molar-refractivity contribution in [2.24, 2.45) is 0 Å². The summed E-state index contributed by atoms with van der Waals surface area (Å²) in [6.45, 7) is 9.08. The molecule has 0 saturated carbocycles. The summed E-state index contributed by atoms with van der Waals surface area (Å²) < 4.78 is 8.45. The average Bonchev–Trinajstić information content (AvgIpc) is 1.79. The van der Waals surface area contributed by atoms with Gasteiger partial charge in [0.25, 0.3) is 0 Å². The van der Waals surface area contributed by atoms with Crippen molar-refractivity contribution in [2.45, 2.75) is 35.6 Å². The van der Waals surface area contributed by atoms with Gasteiger partial charge in [-0.15, -0.1) is 0 Å². The van der Waals surface area contributed by atoms with E-state index in [1.165, 1.54) is 0 Å². The molecule has 0 aromatic carbocycles. The standard InChI is InChI=1S/C8H14Te2/c1-7(2)9-5-6-10-8(3)4/h7-8H,1-4H3. The average molecular weight is 365 g/mol. The Balaban J connectivity index is 3.32. The summed E-state index contributed by atoms with van der Waals surface area (Å²) in [7, 11) is 0. The summed E-state index contributed by atoms with van der Waals surface area (Å²) in [4.78, 5) is 0. The topological polar surface area (TPSA) is 0 Å². The summed E-state index contributed by atoms with van der Waals surface area (Å²) >= 11 is 0.0906. The zero-order valence-electron chi connectivity index (χ0n) is 6.97. The fourth-order valence-corrected chi connectivity index (χ4v) is 3.75. The maximum absolute atomic E-state index is 3.35. The van der Waals surface area contributed by atoms with Crippen LogP contribution in [0.4, 0.5) is 0 Å². The summed E-state index contributed by atoms with van der Waals surface area (Å²) in [6, 6.07) is 0. The van der Waals surface area contributed by atoms with E-state index in [1.54, 1.807) is 0 Å². The van der Waals surface area contributed by atoms with E-state index in [0.29, 0.717) is 0 Å². The molecule has 0 amide bonds. The molecule has 0 fully saturated rings. The molecule has 0 aromatic heterocycles. The van der Waals surface area contributed by atoms with Gasteiger partial charge in [0, 0.05) is 0 Å². The van der Waals surface area contributed by atoms with E-state index < -0.39 is 0 Å². The molecule has 0 aliphatic carbocycles. The molecule has 0 aromatic rings. The molecule has 0 radical (unpaired) electrons. The van der Waals surface area contributed by atoms with E-state index in [0.717, 1.165) is 7.93 Å². The quantitative estimate of drug-likeness (QED) is 0.519. The third-order valence-corrected chi connectivity index (χ3v) is 5.83. The molecule has 0 saturated heterocycles. The molecule has 0 N–H and O–H groups in total. The number of hydrogen-bond acceptors (Lipinski definition) is 0. The normalized spacial score (nSPS) is 9.80. The number of hydrogen-bond donors (Lipinski definition) is 0. The molecule has 0 atom stereocenters. The molecule has 0 unspecified atom stereocenters. The Bertz CT molecular complexity index is 114. The second-order valence-electron chi connectivity index (χ2n) is 2.54. The third-order valence-electron chi connectivity index (χ3n) is 0.631. The molecular weight excluding hydrogens is 351 g/mol. The molecule has 0 nitrogen and oxygen atoms in total. The van der Waals surface area contributed by atoms with Crippen LogP contribution in [0.2, 0.25) is 7.93 Å². The van der Waals surface area contributed by atoms with Crippen LogP contribution in [0.15, 0.2) is 0 Å². The molecule has 0 spiro atoms. The third kappa shape index (κ3) is 9.14. The molecule has 2 heteroatoms. The Labute approximate surface area is 84.7 Å². The van der Waals surface area contributed by atoms with Crippen molar-refractivity contribution in [3.8, 4) is 7.94 Å². The summed E-state index contributed by atoms with van der Waals surface area (Å²) in [5.41, 5.74) is 0. The molecular formula is C8H14Te2. The van der Waals surface area contributed by atoms with Crippen LogP contribution < -0.4 is 0 Å². The van der Waals surface area contributed by atoms with Gasteiger partial charge in [0.05, 0.1) is 0 Å². The van der Waals surface area contributed by atoms with E-state index in [-0.39, 0.29) is 41.8 Å². The Morgan fingerprint density at radius 3 is 1.30 bits per heavy atom. The Kier molecular flexibility index (Phi) is 7.60. The van der Waals surface area contributed by atoms with E-state index >= 15 is 0 Å². The van der Waals surface area contributed by atoms with Crippen molar-refractivity contribution in [2.75, 3.05) is 0 Å². The van der Waals surface area contributed by atoms with Gasteiger partial charge in [-0.25, -0.2) is 0 Å². The molecule has 58 valence electrons. The zero-order valence-corrected chi connectivity index (χ0v) is 11.6. The molecule has 0 heterocycles. The number of rotatable bonds is 2. The van der Waals surface area contributed by atoms with E-state index in [4.69, 9.17) is 0 Å². The van der Waals surface area contributed by atoms with Crippen LogP contribution in [0.5, 0.6) is 0 Å². The van der Waals surface area contributed by atoms with Crippen LogP contribution in [0, 0.1) is 7.94 Å². The van der Waals surface area contributed by atoms with Crippen molar-refractivity contribution >= 4 is 41.8 Å². The van der Waals surface area contributed by atoms with Gasteiger partial charge in [0.1, 0.15) is 0 Å². The second kappa shape index (κ2) is 6.83. The Hall–Kier alpha value is 1.14. The zero-order chi connectivity index (χ0) is 7.98. The van der Waals surface area contributed by atoms with Gasteiger partial charge in [-0.1, -0.05) is 0 Å². The summed E-state index contributed by atoms with van der Waals surface area (Å²) in [5.74, 6) is 0. The van der Waals surface area contributed by atoms with Gasteiger partial charge in [-0.2, -0.15) is 0 Å². The van der Waals surface area contributed by atoms with Crippen molar-refractivity contribution < 1.29 is 0 Å². The Morgan fingerprint density at radius 1 is 0.800 bits per heavy atom. The van der Waals surface area contributed by atoms with Crippen molar-refractivity contribution in [3.63, 3.8) is 0 Å². The van der Waals surface area contributed by atoms with Crippen molar-refractivity contribution in [1.82, 2.24) is 0 Å². The van der Waals surface area contributed by atoms with Gasteiger partial charge in [-0.05, 0) is 0 Å². The first-order chi connectivity index (χ1) is 4.63. The van der Waals surface area contributed by atoms with Crippen molar-refractivity contribution in [1.29, 1.82) is 0 Å². The second-order valence-corrected chi connectivity index (χ2v) is 10.4. The molecule has 0 rings (SSSR count). The summed E-state index contributed by atoms with van der Waals surface area (Å²) in [6.07, 6.45) is 0. The van der Waals surface area contributed by atoms with Crippen LogP contribution in [0.25, 0.3) is 0 Å². The van der Waals surface area contributed by atoms with E-state index in [2.05, 4.69) is 35.6 Å². The predicted octanol–water partition coefficient (Wildman–Crippen LogP) is 1.97. The van der Waals surface area contributed by atoms with Gasteiger partial charge in [-0.3, -0.25) is 0 Å². The Morgan fingerprint density at radius 2 is 1.10 bits per heavy atom. The van der Waals surface area contributed by atoms with Crippen LogP contribution in [0.1, 0.15) is 27.7 Å². The summed E-state index contributed by atoms with van der Waals surface area (Å²) in [5, 5.41) is 0. The van der Waals surface area contributed by atoms with Crippen LogP contribution >= 0.6 is 0 Å². The van der Waals surface area contributed by atoms with Gasteiger partial charge in [0.2, 0.25) is 0 Å². The van der Waals surface area contributed by atoms with Crippen LogP contribution in [0.3, 0.4) is 0 Å². The van der Waals surface area contributed by atoms with E-state index in [1.807, 2.05) is 0 Å².